The highest BCUT2D eigenvalue weighted by molar-refractivity contribution is 7.99. The summed E-state index contributed by atoms with van der Waals surface area (Å²) < 4.78 is 0. The third-order valence-corrected chi connectivity index (χ3v) is 4.04. The average molecular weight is 322 g/mol. The van der Waals surface area contributed by atoms with Gasteiger partial charge in [-0.15, -0.1) is 0 Å². The molecule has 0 saturated heterocycles. The number of rotatable bonds is 4. The van der Waals surface area contributed by atoms with Gasteiger partial charge in [0.15, 0.2) is 5.16 Å². The van der Waals surface area contributed by atoms with E-state index >= 15 is 0 Å². The van der Waals surface area contributed by atoms with E-state index in [2.05, 4.69) is 36.1 Å². The molecule has 5 heteroatoms. The Morgan fingerprint density at radius 1 is 1.19 bits per heavy atom. The molecule has 1 heterocycles. The molecule has 2 aromatic rings. The summed E-state index contributed by atoms with van der Waals surface area (Å²) >= 11 is 7.68. The lowest BCUT2D eigenvalue weighted by Gasteiger charge is -2.21. The normalized spacial score (nSPS) is 11.7. The number of nitrogens with one attached hydrogen (secondary N) is 1. The number of hydrogen-bond acceptors (Lipinski definition) is 4. The lowest BCUT2D eigenvalue weighted by molar-refractivity contribution is 0.422. The lowest BCUT2D eigenvalue weighted by atomic mass is 10.1. The maximum absolute atomic E-state index is 6.12. The molecule has 1 aromatic heterocycles. The quantitative estimate of drug-likeness (QED) is 0.843. The number of nitrogens with zero attached hydrogens (tertiary/aromatic N) is 2. The van der Waals surface area contributed by atoms with E-state index in [9.17, 15) is 0 Å². The number of halogens is 1. The van der Waals surface area contributed by atoms with E-state index in [1.54, 1.807) is 11.8 Å². The van der Waals surface area contributed by atoms with Crippen molar-refractivity contribution in [2.75, 3.05) is 0 Å². The van der Waals surface area contributed by atoms with Crippen LogP contribution in [0, 0.1) is 6.92 Å². The second kappa shape index (κ2) is 6.77. The number of aromatic nitrogens is 2. The van der Waals surface area contributed by atoms with Crippen LogP contribution in [-0.2, 0) is 6.54 Å². The fraction of sp³-hybridized carbons (Fsp3) is 0.375. The van der Waals surface area contributed by atoms with Crippen molar-refractivity contribution < 1.29 is 0 Å². The summed E-state index contributed by atoms with van der Waals surface area (Å²) in [5, 5.41) is 4.98. The van der Waals surface area contributed by atoms with Crippen molar-refractivity contribution >= 4 is 23.4 Å². The van der Waals surface area contributed by atoms with Crippen LogP contribution in [0.5, 0.6) is 0 Å². The van der Waals surface area contributed by atoms with Gasteiger partial charge in [-0.05, 0) is 68.8 Å². The fourth-order valence-electron chi connectivity index (χ4n) is 1.68. The first-order chi connectivity index (χ1) is 9.83. The largest absolute Gasteiger partial charge is 0.308 e. The Labute approximate surface area is 135 Å². The first kappa shape index (κ1) is 16.3. The van der Waals surface area contributed by atoms with E-state index in [0.29, 0.717) is 0 Å². The van der Waals surface area contributed by atoms with Crippen LogP contribution in [0.3, 0.4) is 0 Å². The van der Waals surface area contributed by atoms with Crippen molar-refractivity contribution in [2.45, 2.75) is 49.8 Å². The second-order valence-electron chi connectivity index (χ2n) is 6.00. The van der Waals surface area contributed by atoms with Crippen molar-refractivity contribution in [2.24, 2.45) is 0 Å². The topological polar surface area (TPSA) is 37.8 Å². The van der Waals surface area contributed by atoms with Crippen LogP contribution >= 0.6 is 23.4 Å². The van der Waals surface area contributed by atoms with E-state index in [4.69, 9.17) is 11.6 Å². The molecule has 0 aliphatic heterocycles. The maximum atomic E-state index is 6.12. The van der Waals surface area contributed by atoms with Crippen LogP contribution in [0.15, 0.2) is 40.6 Å². The Bertz CT molecular complexity index is 606. The van der Waals surface area contributed by atoms with Crippen molar-refractivity contribution in [3.63, 3.8) is 0 Å². The van der Waals surface area contributed by atoms with E-state index in [1.807, 2.05) is 37.5 Å². The molecule has 0 spiro atoms. The first-order valence-electron chi connectivity index (χ1n) is 6.83. The zero-order chi connectivity index (χ0) is 15.5. The van der Waals surface area contributed by atoms with Gasteiger partial charge in [0, 0.05) is 34.4 Å². The summed E-state index contributed by atoms with van der Waals surface area (Å²) in [4.78, 5) is 9.81. The SMILES string of the molecule is Cc1cnc(Sc2ccc(Cl)cc2CNC(C)(C)C)nc1. The van der Waals surface area contributed by atoms with Gasteiger partial charge in [0.1, 0.15) is 0 Å². The molecule has 0 fully saturated rings. The minimum absolute atomic E-state index is 0.0601. The van der Waals surface area contributed by atoms with Crippen molar-refractivity contribution in [3.8, 4) is 0 Å². The van der Waals surface area contributed by atoms with Gasteiger partial charge >= 0.3 is 0 Å². The summed E-state index contributed by atoms with van der Waals surface area (Å²) in [5.41, 5.74) is 2.28. The number of hydrogen-bond donors (Lipinski definition) is 1. The van der Waals surface area contributed by atoms with Gasteiger partial charge in [0.25, 0.3) is 0 Å². The van der Waals surface area contributed by atoms with Gasteiger partial charge in [0.05, 0.1) is 0 Å². The molecule has 0 radical (unpaired) electrons. The van der Waals surface area contributed by atoms with Crippen LogP contribution < -0.4 is 5.32 Å². The third kappa shape index (κ3) is 5.30. The van der Waals surface area contributed by atoms with Crippen molar-refractivity contribution in [3.05, 3.63) is 46.7 Å². The molecular weight excluding hydrogens is 302 g/mol. The Hall–Kier alpha value is -1.10. The van der Waals surface area contributed by atoms with Gasteiger partial charge in [-0.3, -0.25) is 0 Å². The summed E-state index contributed by atoms with van der Waals surface area (Å²) in [7, 11) is 0. The van der Waals surface area contributed by atoms with E-state index in [0.717, 1.165) is 32.7 Å². The van der Waals surface area contributed by atoms with Gasteiger partial charge < -0.3 is 5.32 Å². The molecule has 3 nitrogen and oxygen atoms in total. The average Bonchev–Trinajstić information content (AvgIpc) is 2.40. The Kier molecular flexibility index (Phi) is 5.25. The molecule has 21 heavy (non-hydrogen) atoms. The summed E-state index contributed by atoms with van der Waals surface area (Å²) in [5.74, 6) is 0. The predicted molar refractivity (Wildman–Crippen MR) is 88.9 cm³/mol. The van der Waals surface area contributed by atoms with E-state index in [-0.39, 0.29) is 5.54 Å². The molecule has 1 N–H and O–H groups in total. The molecule has 0 aliphatic rings. The lowest BCUT2D eigenvalue weighted by Crippen LogP contribution is -2.35. The van der Waals surface area contributed by atoms with Gasteiger partial charge in [0.2, 0.25) is 0 Å². The first-order valence-corrected chi connectivity index (χ1v) is 8.03. The minimum atomic E-state index is 0.0601. The second-order valence-corrected chi connectivity index (χ2v) is 7.45. The summed E-state index contributed by atoms with van der Waals surface area (Å²) in [6.45, 7) is 9.18. The Morgan fingerprint density at radius 2 is 1.86 bits per heavy atom. The molecule has 2 rings (SSSR count). The van der Waals surface area contributed by atoms with Crippen molar-refractivity contribution in [1.29, 1.82) is 0 Å². The molecule has 0 bridgehead atoms. The third-order valence-electron chi connectivity index (χ3n) is 2.79. The Balaban J connectivity index is 2.20. The Morgan fingerprint density at radius 3 is 2.48 bits per heavy atom. The number of aryl methyl sites for hydroxylation is 1. The van der Waals surface area contributed by atoms with Gasteiger partial charge in [-0.1, -0.05) is 11.6 Å². The molecule has 112 valence electrons. The van der Waals surface area contributed by atoms with Crippen LogP contribution in [0.1, 0.15) is 31.9 Å². The monoisotopic (exact) mass is 321 g/mol. The molecule has 0 unspecified atom stereocenters. The van der Waals surface area contributed by atoms with Gasteiger partial charge in [-0.2, -0.15) is 0 Å². The zero-order valence-corrected chi connectivity index (χ0v) is 14.3. The highest BCUT2D eigenvalue weighted by Gasteiger charge is 2.12. The van der Waals surface area contributed by atoms with E-state index < -0.39 is 0 Å². The summed E-state index contributed by atoms with van der Waals surface area (Å²) in [6, 6.07) is 5.92. The fourth-order valence-corrected chi connectivity index (χ4v) is 2.68. The van der Waals surface area contributed by atoms with E-state index in [1.165, 1.54) is 0 Å². The molecule has 0 amide bonds. The molecule has 0 atom stereocenters. The molecular formula is C16H20ClN3S. The zero-order valence-electron chi connectivity index (χ0n) is 12.8. The van der Waals surface area contributed by atoms with Crippen LogP contribution in [0.25, 0.3) is 0 Å². The van der Waals surface area contributed by atoms with Crippen molar-refractivity contribution in [1.82, 2.24) is 15.3 Å². The van der Waals surface area contributed by atoms with Crippen LogP contribution in [0.4, 0.5) is 0 Å². The molecule has 1 aromatic carbocycles. The summed E-state index contributed by atoms with van der Waals surface area (Å²) in [6.07, 6.45) is 3.66. The van der Waals surface area contributed by atoms with Crippen LogP contribution in [-0.4, -0.2) is 15.5 Å². The molecule has 0 aliphatic carbocycles. The number of benzene rings is 1. The highest BCUT2D eigenvalue weighted by atomic mass is 35.5. The van der Waals surface area contributed by atoms with Gasteiger partial charge in [-0.25, -0.2) is 9.97 Å². The standard InChI is InChI=1S/C16H20ClN3S/c1-11-8-18-15(19-9-11)21-14-6-5-13(17)7-12(14)10-20-16(2,3)4/h5-9,20H,10H2,1-4H3. The smallest absolute Gasteiger partial charge is 0.192 e. The van der Waals surface area contributed by atoms with Crippen LogP contribution in [0.2, 0.25) is 5.02 Å². The maximum Gasteiger partial charge on any atom is 0.192 e. The highest BCUT2D eigenvalue weighted by Crippen LogP contribution is 2.30. The molecule has 0 saturated carbocycles. The minimum Gasteiger partial charge on any atom is -0.308 e. The predicted octanol–water partition coefficient (Wildman–Crippen LogP) is 4.48.